The summed E-state index contributed by atoms with van der Waals surface area (Å²) >= 11 is 0. The summed E-state index contributed by atoms with van der Waals surface area (Å²) in [6.45, 7) is 5.81. The zero-order valence-electron chi connectivity index (χ0n) is 13.9. The number of hydrogen-bond acceptors (Lipinski definition) is 5. The average Bonchev–Trinajstić information content (AvgIpc) is 3.25. The van der Waals surface area contributed by atoms with Crippen molar-refractivity contribution in [3.8, 4) is 17.0 Å². The molecule has 3 N–H and O–H groups in total. The molecule has 1 aromatic carbocycles. The van der Waals surface area contributed by atoms with Crippen molar-refractivity contribution in [1.29, 1.82) is 0 Å². The van der Waals surface area contributed by atoms with Crippen LogP contribution in [0.25, 0.3) is 11.3 Å². The molecule has 128 valence electrons. The van der Waals surface area contributed by atoms with Crippen molar-refractivity contribution in [3.63, 3.8) is 0 Å². The maximum Gasteiger partial charge on any atom is 0.271 e. The summed E-state index contributed by atoms with van der Waals surface area (Å²) in [5.41, 5.74) is 7.92. The summed E-state index contributed by atoms with van der Waals surface area (Å²) in [7, 11) is 0. The van der Waals surface area contributed by atoms with Gasteiger partial charge in [0.25, 0.3) is 5.91 Å². The van der Waals surface area contributed by atoms with E-state index in [9.17, 15) is 4.79 Å². The molecule has 2 heterocycles. The molecule has 0 bridgehead atoms. The van der Waals surface area contributed by atoms with Gasteiger partial charge in [-0.2, -0.15) is 15.4 Å². The number of rotatable bonds is 7. The van der Waals surface area contributed by atoms with Crippen LogP contribution in [0.4, 0.5) is 0 Å². The van der Waals surface area contributed by atoms with Crippen LogP contribution in [0.15, 0.2) is 18.2 Å². The molecule has 0 radical (unpaired) electrons. The van der Waals surface area contributed by atoms with E-state index in [0.29, 0.717) is 12.3 Å². The molecule has 7 heteroatoms. The minimum absolute atomic E-state index is 0.157. The molecule has 1 aromatic heterocycles. The molecule has 0 aliphatic carbocycles. The van der Waals surface area contributed by atoms with Gasteiger partial charge in [0.05, 0.1) is 6.61 Å². The van der Waals surface area contributed by atoms with Crippen molar-refractivity contribution < 1.29 is 9.53 Å². The molecule has 7 nitrogen and oxygen atoms in total. The largest absolute Gasteiger partial charge is 0.493 e. The number of carbonyl (C=O) groups is 1. The van der Waals surface area contributed by atoms with E-state index in [1.165, 1.54) is 12.8 Å². The second-order valence-electron chi connectivity index (χ2n) is 6.04. The van der Waals surface area contributed by atoms with Gasteiger partial charge in [0.1, 0.15) is 11.4 Å². The Morgan fingerprint density at radius 2 is 2.12 bits per heavy atom. The number of nitrogens with two attached hydrogens (primary N) is 1. The molecule has 0 unspecified atom stereocenters. The first-order chi connectivity index (χ1) is 11.7. The Bertz CT molecular complexity index is 707. The predicted octanol–water partition coefficient (Wildman–Crippen LogP) is 1.96. The molecule has 0 spiro atoms. The number of likely N-dealkylation sites (tertiary alicyclic amines) is 1. The molecule has 0 atom stereocenters. The van der Waals surface area contributed by atoms with Gasteiger partial charge in [-0.05, 0) is 50.6 Å². The fourth-order valence-corrected chi connectivity index (χ4v) is 2.99. The van der Waals surface area contributed by atoms with Crippen LogP contribution in [-0.4, -0.2) is 45.9 Å². The van der Waals surface area contributed by atoms with E-state index in [1.807, 2.05) is 18.2 Å². The monoisotopic (exact) mass is 329 g/mol. The predicted molar refractivity (Wildman–Crippen MR) is 90.6 cm³/mol. The Labute approximate surface area is 141 Å². The van der Waals surface area contributed by atoms with Crippen molar-refractivity contribution in [2.24, 2.45) is 5.73 Å². The second kappa shape index (κ2) is 7.44. The Morgan fingerprint density at radius 3 is 2.83 bits per heavy atom. The van der Waals surface area contributed by atoms with E-state index in [2.05, 4.69) is 27.2 Å². The molecular formula is C17H23N5O2. The number of ether oxygens (including phenoxy) is 1. The minimum atomic E-state index is -0.592. The third kappa shape index (κ3) is 3.56. The zero-order chi connectivity index (χ0) is 16.9. The lowest BCUT2D eigenvalue weighted by molar-refractivity contribution is 0.0996. The van der Waals surface area contributed by atoms with Crippen LogP contribution in [0.5, 0.6) is 5.75 Å². The standard InChI is InChI=1S/C17H23N5O2/c1-2-9-24-14-6-5-12(15-16(17(18)23)20-21-19-15)10-13(14)11-22-7-3-4-8-22/h5-6,10H,2-4,7-9,11H2,1H3,(H2,18,23)(H,19,20,21). The van der Waals surface area contributed by atoms with Crippen LogP contribution in [0.3, 0.4) is 0 Å². The highest BCUT2D eigenvalue weighted by Gasteiger charge is 2.19. The van der Waals surface area contributed by atoms with Crippen LogP contribution in [-0.2, 0) is 6.54 Å². The number of nitrogens with one attached hydrogen (secondary N) is 1. The first kappa shape index (κ1) is 16.4. The molecule has 1 amide bonds. The van der Waals surface area contributed by atoms with Crippen molar-refractivity contribution in [2.45, 2.75) is 32.7 Å². The molecule has 3 rings (SSSR count). The number of nitrogens with zero attached hydrogens (tertiary/aromatic N) is 3. The van der Waals surface area contributed by atoms with E-state index in [0.717, 1.165) is 42.9 Å². The SMILES string of the molecule is CCCOc1ccc(-c2n[nH]nc2C(N)=O)cc1CN1CCCC1. The van der Waals surface area contributed by atoms with Gasteiger partial charge in [-0.1, -0.05) is 6.92 Å². The number of hydrogen-bond donors (Lipinski definition) is 2. The van der Waals surface area contributed by atoms with Gasteiger partial charge in [0.2, 0.25) is 0 Å². The molecule has 1 fully saturated rings. The summed E-state index contributed by atoms with van der Waals surface area (Å²) in [4.78, 5) is 13.9. The zero-order valence-corrected chi connectivity index (χ0v) is 13.9. The molecule has 24 heavy (non-hydrogen) atoms. The van der Waals surface area contributed by atoms with Gasteiger partial charge in [0, 0.05) is 17.7 Å². The van der Waals surface area contributed by atoms with E-state index >= 15 is 0 Å². The van der Waals surface area contributed by atoms with Crippen molar-refractivity contribution in [1.82, 2.24) is 20.3 Å². The van der Waals surface area contributed by atoms with Crippen LogP contribution < -0.4 is 10.5 Å². The third-order valence-corrected chi connectivity index (χ3v) is 4.17. The summed E-state index contributed by atoms with van der Waals surface area (Å²) in [6, 6.07) is 5.85. The van der Waals surface area contributed by atoms with Gasteiger partial charge < -0.3 is 10.5 Å². The lowest BCUT2D eigenvalue weighted by atomic mass is 10.0. The van der Waals surface area contributed by atoms with E-state index in [-0.39, 0.29) is 5.69 Å². The molecule has 0 saturated carbocycles. The number of carbonyl (C=O) groups excluding carboxylic acids is 1. The van der Waals surface area contributed by atoms with Crippen molar-refractivity contribution in [2.75, 3.05) is 19.7 Å². The maximum atomic E-state index is 11.5. The number of amides is 1. The quantitative estimate of drug-likeness (QED) is 0.809. The number of H-pyrrole nitrogens is 1. The highest BCUT2D eigenvalue weighted by molar-refractivity contribution is 5.96. The molecule has 1 saturated heterocycles. The van der Waals surface area contributed by atoms with Gasteiger partial charge in [-0.25, -0.2) is 0 Å². The van der Waals surface area contributed by atoms with E-state index < -0.39 is 5.91 Å². The molecular weight excluding hydrogens is 306 g/mol. The number of aromatic nitrogens is 3. The Morgan fingerprint density at radius 1 is 1.33 bits per heavy atom. The molecule has 1 aliphatic rings. The van der Waals surface area contributed by atoms with Crippen LogP contribution >= 0.6 is 0 Å². The van der Waals surface area contributed by atoms with E-state index in [4.69, 9.17) is 10.5 Å². The lowest BCUT2D eigenvalue weighted by Crippen LogP contribution is -2.19. The van der Waals surface area contributed by atoms with Gasteiger partial charge >= 0.3 is 0 Å². The number of primary amides is 1. The maximum absolute atomic E-state index is 11.5. The van der Waals surface area contributed by atoms with E-state index in [1.54, 1.807) is 0 Å². The Hall–Kier alpha value is -2.41. The fourth-order valence-electron chi connectivity index (χ4n) is 2.99. The van der Waals surface area contributed by atoms with Crippen LogP contribution in [0.2, 0.25) is 0 Å². The minimum Gasteiger partial charge on any atom is -0.493 e. The lowest BCUT2D eigenvalue weighted by Gasteiger charge is -2.18. The smallest absolute Gasteiger partial charge is 0.271 e. The Balaban J connectivity index is 1.92. The third-order valence-electron chi connectivity index (χ3n) is 4.17. The molecule has 2 aromatic rings. The van der Waals surface area contributed by atoms with Gasteiger partial charge in [0.15, 0.2) is 5.69 Å². The number of aromatic amines is 1. The topological polar surface area (TPSA) is 97.1 Å². The first-order valence-electron chi connectivity index (χ1n) is 8.38. The summed E-state index contributed by atoms with van der Waals surface area (Å²) in [5, 5.41) is 10.4. The Kier molecular flexibility index (Phi) is 5.10. The normalized spacial score (nSPS) is 14.9. The first-order valence-corrected chi connectivity index (χ1v) is 8.38. The van der Waals surface area contributed by atoms with Gasteiger partial charge in [-0.15, -0.1) is 0 Å². The highest BCUT2D eigenvalue weighted by atomic mass is 16.5. The average molecular weight is 329 g/mol. The van der Waals surface area contributed by atoms with Gasteiger partial charge in [-0.3, -0.25) is 9.69 Å². The summed E-state index contributed by atoms with van der Waals surface area (Å²) < 4.78 is 5.88. The van der Waals surface area contributed by atoms with Crippen molar-refractivity contribution >= 4 is 5.91 Å². The second-order valence-corrected chi connectivity index (χ2v) is 6.04. The van der Waals surface area contributed by atoms with Crippen molar-refractivity contribution in [3.05, 3.63) is 29.5 Å². The fraction of sp³-hybridized carbons (Fsp3) is 0.471. The number of benzene rings is 1. The van der Waals surface area contributed by atoms with Crippen LogP contribution in [0.1, 0.15) is 42.2 Å². The van der Waals surface area contributed by atoms with Crippen LogP contribution in [0, 0.1) is 0 Å². The summed E-state index contributed by atoms with van der Waals surface area (Å²) in [5.74, 6) is 0.294. The highest BCUT2D eigenvalue weighted by Crippen LogP contribution is 2.29. The molecule has 1 aliphatic heterocycles. The summed E-state index contributed by atoms with van der Waals surface area (Å²) in [6.07, 6.45) is 3.43.